The molecule has 26 heavy (non-hydrogen) atoms. The maximum Gasteiger partial charge on any atom is 0.332 e. The van der Waals surface area contributed by atoms with Crippen molar-refractivity contribution in [2.75, 3.05) is 13.7 Å². The minimum atomic E-state index is -0.428. The topological polar surface area (TPSA) is 60.6 Å². The molecule has 1 heterocycles. The van der Waals surface area contributed by atoms with Crippen LogP contribution < -0.4 is 19.4 Å². The Morgan fingerprint density at radius 3 is 2.77 bits per heavy atom. The molecule has 1 aromatic heterocycles. The van der Waals surface area contributed by atoms with E-state index < -0.39 is 5.97 Å². The third-order valence-corrected chi connectivity index (χ3v) is 4.63. The summed E-state index contributed by atoms with van der Waals surface area (Å²) in [4.78, 5) is 14.7. The first-order chi connectivity index (χ1) is 12.3. The number of H-pyrrole nitrogens is 1. The molecule has 0 aliphatic carbocycles. The van der Waals surface area contributed by atoms with Gasteiger partial charge in [-0.2, -0.15) is 0 Å². The van der Waals surface area contributed by atoms with Crippen LogP contribution in [-0.2, 0) is 9.53 Å². The lowest BCUT2D eigenvalue weighted by atomic mass is 10.2. The Kier molecular flexibility index (Phi) is 7.25. The second-order valence-corrected chi connectivity index (χ2v) is 7.66. The number of rotatable bonds is 6. The fourth-order valence-electron chi connectivity index (χ4n) is 2.19. The lowest BCUT2D eigenvalue weighted by Gasteiger charge is -2.15. The number of hydrogen-bond donors (Lipinski definition) is 1. The molecule has 0 spiro atoms. The van der Waals surface area contributed by atoms with Crippen LogP contribution in [0, 0.1) is 3.95 Å². The van der Waals surface area contributed by atoms with Crippen LogP contribution in [0.2, 0.25) is 5.02 Å². The quantitative estimate of drug-likeness (QED) is 0.580. The van der Waals surface area contributed by atoms with Crippen LogP contribution in [0.25, 0.3) is 12.2 Å². The molecule has 140 valence electrons. The Hall–Kier alpha value is -1.83. The van der Waals surface area contributed by atoms with Crippen molar-refractivity contribution >= 4 is 53.3 Å². The van der Waals surface area contributed by atoms with E-state index in [4.69, 9.17) is 38.0 Å². The number of hydrogen-bond acceptors (Lipinski definition) is 6. The van der Waals surface area contributed by atoms with Crippen LogP contribution >= 0.6 is 35.2 Å². The molecule has 2 aromatic rings. The summed E-state index contributed by atoms with van der Waals surface area (Å²) in [6.45, 7) is 5.90. The summed E-state index contributed by atoms with van der Waals surface area (Å²) in [6.07, 6.45) is 3.23. The lowest BCUT2D eigenvalue weighted by Crippen LogP contribution is -2.23. The van der Waals surface area contributed by atoms with Gasteiger partial charge in [0.25, 0.3) is 0 Å². The second-order valence-electron chi connectivity index (χ2n) is 5.53. The fourth-order valence-corrected chi connectivity index (χ4v) is 3.61. The van der Waals surface area contributed by atoms with Gasteiger partial charge in [0.2, 0.25) is 0 Å². The Balaban J connectivity index is 2.56. The van der Waals surface area contributed by atoms with Crippen molar-refractivity contribution in [2.45, 2.75) is 26.9 Å². The molecular weight excluding hydrogens is 394 g/mol. The maximum atomic E-state index is 11.7. The van der Waals surface area contributed by atoms with Crippen molar-refractivity contribution in [3.63, 3.8) is 0 Å². The molecule has 1 aromatic carbocycles. The molecule has 0 unspecified atom stereocenters. The van der Waals surface area contributed by atoms with Crippen molar-refractivity contribution < 1.29 is 19.0 Å². The molecule has 0 atom stereocenters. The standard InChI is InChI=1S/C18H20ClNO4S2/c1-5-23-16(21)9-13-15(26-18(25)20-13)8-11-6-12(19)17(24-10(2)3)14(7-11)22-4/h6-10H,5H2,1-4H3,(H,20,25)/b13-9-,15-8-. The summed E-state index contributed by atoms with van der Waals surface area (Å²) in [5, 5.41) is 1.04. The smallest absolute Gasteiger partial charge is 0.332 e. The molecule has 0 saturated carbocycles. The summed E-state index contributed by atoms with van der Waals surface area (Å²) in [7, 11) is 1.56. The van der Waals surface area contributed by atoms with Gasteiger partial charge in [-0.15, -0.1) is 11.3 Å². The Labute approximate surface area is 165 Å². The largest absolute Gasteiger partial charge is 0.493 e. The molecule has 0 bridgehead atoms. The van der Waals surface area contributed by atoms with Crippen molar-refractivity contribution in [3.05, 3.63) is 36.6 Å². The van der Waals surface area contributed by atoms with Crippen LogP contribution in [0.15, 0.2) is 12.1 Å². The maximum absolute atomic E-state index is 11.7. The number of aromatic nitrogens is 1. The first-order valence-corrected chi connectivity index (χ1v) is 9.57. The lowest BCUT2D eigenvalue weighted by molar-refractivity contribution is -0.135. The van der Waals surface area contributed by atoms with Gasteiger partial charge in [0, 0.05) is 6.08 Å². The minimum Gasteiger partial charge on any atom is -0.493 e. The molecule has 0 amide bonds. The zero-order chi connectivity index (χ0) is 19.3. The summed E-state index contributed by atoms with van der Waals surface area (Å²) < 4.78 is 17.4. The van der Waals surface area contributed by atoms with Gasteiger partial charge in [0.15, 0.2) is 15.5 Å². The molecule has 0 fully saturated rings. The second kappa shape index (κ2) is 9.21. The van der Waals surface area contributed by atoms with E-state index in [9.17, 15) is 4.79 Å². The number of esters is 1. The van der Waals surface area contributed by atoms with E-state index in [0.717, 1.165) is 10.1 Å². The van der Waals surface area contributed by atoms with E-state index >= 15 is 0 Å². The van der Waals surface area contributed by atoms with Crippen molar-refractivity contribution in [2.24, 2.45) is 0 Å². The molecular formula is C18H20ClNO4S2. The number of nitrogens with one attached hydrogen (secondary N) is 1. The summed E-state index contributed by atoms with van der Waals surface area (Å²) in [6, 6.07) is 3.60. The molecule has 2 rings (SSSR count). The Morgan fingerprint density at radius 2 is 2.15 bits per heavy atom. The molecule has 0 aliphatic rings. The van der Waals surface area contributed by atoms with Gasteiger partial charge in [-0.3, -0.25) is 0 Å². The van der Waals surface area contributed by atoms with Gasteiger partial charge in [0.05, 0.1) is 34.7 Å². The van der Waals surface area contributed by atoms with Crippen LogP contribution in [0.3, 0.4) is 0 Å². The van der Waals surface area contributed by atoms with Crippen LogP contribution in [0.5, 0.6) is 11.5 Å². The van der Waals surface area contributed by atoms with Crippen LogP contribution in [0.1, 0.15) is 26.3 Å². The van der Waals surface area contributed by atoms with Crippen molar-refractivity contribution in [1.29, 1.82) is 0 Å². The van der Waals surface area contributed by atoms with Crippen molar-refractivity contribution in [3.8, 4) is 11.5 Å². The van der Waals surface area contributed by atoms with Crippen LogP contribution in [-0.4, -0.2) is 30.8 Å². The predicted molar refractivity (Wildman–Crippen MR) is 107 cm³/mol. The Morgan fingerprint density at radius 1 is 1.42 bits per heavy atom. The number of carbonyl (C=O) groups excluding carboxylic acids is 1. The number of thiazole rings is 1. The van der Waals surface area contributed by atoms with Crippen LogP contribution in [0.4, 0.5) is 0 Å². The zero-order valence-electron chi connectivity index (χ0n) is 14.9. The SMILES string of the molecule is CCOC(=O)/C=c1\[nH]c(=S)s\c1=C/c1cc(Cl)c(OC(C)C)c(OC)c1. The fraction of sp³-hybridized carbons (Fsp3) is 0.333. The highest BCUT2D eigenvalue weighted by molar-refractivity contribution is 7.73. The summed E-state index contributed by atoms with van der Waals surface area (Å²) in [5.74, 6) is 0.608. The van der Waals surface area contributed by atoms with E-state index in [-0.39, 0.29) is 6.10 Å². The highest BCUT2D eigenvalue weighted by atomic mass is 35.5. The Bertz CT molecular complexity index is 963. The van der Waals surface area contributed by atoms with Crippen molar-refractivity contribution in [1.82, 2.24) is 4.98 Å². The number of carbonyl (C=O) groups is 1. The van der Waals surface area contributed by atoms with Gasteiger partial charge < -0.3 is 19.2 Å². The van der Waals surface area contributed by atoms with E-state index in [1.807, 2.05) is 26.0 Å². The first kappa shape index (κ1) is 20.5. The van der Waals surface area contributed by atoms with E-state index in [1.165, 1.54) is 17.4 Å². The normalized spacial score (nSPS) is 12.5. The van der Waals surface area contributed by atoms with E-state index in [0.29, 0.717) is 32.4 Å². The molecule has 0 saturated heterocycles. The third kappa shape index (κ3) is 5.33. The van der Waals surface area contributed by atoms with Gasteiger partial charge in [0.1, 0.15) is 0 Å². The number of methoxy groups -OCH3 is 1. The van der Waals surface area contributed by atoms with Gasteiger partial charge in [-0.05, 0) is 56.8 Å². The number of halogens is 1. The van der Waals surface area contributed by atoms with E-state index in [2.05, 4.69) is 4.98 Å². The monoisotopic (exact) mass is 413 g/mol. The van der Waals surface area contributed by atoms with Gasteiger partial charge in [-0.25, -0.2) is 4.79 Å². The average molecular weight is 414 g/mol. The summed E-state index contributed by atoms with van der Waals surface area (Å²) >= 11 is 12.9. The number of ether oxygens (including phenoxy) is 3. The minimum absolute atomic E-state index is 0.0309. The molecule has 8 heteroatoms. The molecule has 0 radical (unpaired) electrons. The number of benzene rings is 1. The highest BCUT2D eigenvalue weighted by Crippen LogP contribution is 2.37. The highest BCUT2D eigenvalue weighted by Gasteiger charge is 2.13. The molecule has 0 aliphatic heterocycles. The summed E-state index contributed by atoms with van der Waals surface area (Å²) in [5.41, 5.74) is 0.798. The van der Waals surface area contributed by atoms with Gasteiger partial charge in [-0.1, -0.05) is 11.6 Å². The third-order valence-electron chi connectivity index (χ3n) is 3.16. The van der Waals surface area contributed by atoms with E-state index in [1.54, 1.807) is 20.1 Å². The van der Waals surface area contributed by atoms with Gasteiger partial charge >= 0.3 is 5.97 Å². The predicted octanol–water partition coefficient (Wildman–Crippen LogP) is 3.43. The average Bonchev–Trinajstić information content (AvgIpc) is 2.88. The first-order valence-electron chi connectivity index (χ1n) is 7.97. The molecule has 1 N–H and O–H groups in total. The molecule has 5 nitrogen and oxygen atoms in total. The zero-order valence-corrected chi connectivity index (χ0v) is 17.3. The number of aromatic amines is 1.